The molecule has 0 unspecified atom stereocenters. The number of hydrogen-bond donors (Lipinski definition) is 2. The molecule has 0 aliphatic heterocycles. The molecular weight excluding hydrogens is 174 g/mol. The first-order valence-corrected chi connectivity index (χ1v) is 3.74. The van der Waals surface area contributed by atoms with Crippen molar-refractivity contribution in [3.63, 3.8) is 0 Å². The van der Waals surface area contributed by atoms with Crippen LogP contribution in [0.15, 0.2) is 12.4 Å². The molecule has 0 radical (unpaired) electrons. The predicted molar refractivity (Wildman–Crippen MR) is 43.9 cm³/mol. The molecule has 0 amide bonds. The second-order valence-electron chi connectivity index (χ2n) is 2.37. The van der Waals surface area contributed by atoms with Gasteiger partial charge in [0.25, 0.3) is 11.7 Å². The highest BCUT2D eigenvalue weighted by molar-refractivity contribution is 5.33. The van der Waals surface area contributed by atoms with Crippen molar-refractivity contribution in [2.75, 3.05) is 18.9 Å². The molecule has 0 aromatic carbocycles. The van der Waals surface area contributed by atoms with Crippen LogP contribution in [0, 0.1) is 0 Å². The molecule has 0 fully saturated rings. The Morgan fingerprint density at radius 2 is 2.46 bits per heavy atom. The Labute approximate surface area is 73.3 Å². The van der Waals surface area contributed by atoms with Crippen LogP contribution < -0.4 is 10.6 Å². The minimum absolute atomic E-state index is 0.0756. The number of aromatic nitrogens is 4. The minimum atomic E-state index is -0.0756. The van der Waals surface area contributed by atoms with Crippen molar-refractivity contribution >= 4 is 11.7 Å². The number of aliphatic hydroxyl groups excluding tert-OH is 1. The summed E-state index contributed by atoms with van der Waals surface area (Å²) in [6, 6.07) is 0. The number of nitrogen functional groups attached to an aromatic ring is 1. The lowest BCUT2D eigenvalue weighted by Gasteiger charge is -2.05. The number of aliphatic hydroxyl groups is 1. The first-order valence-electron chi connectivity index (χ1n) is 3.74. The number of fused-ring (bicyclic) bond motifs is 1. The highest BCUT2D eigenvalue weighted by Gasteiger charge is 2.07. The zero-order valence-electron chi connectivity index (χ0n) is 6.79. The third-order valence-corrected chi connectivity index (χ3v) is 1.51. The minimum Gasteiger partial charge on any atom is -0.393 e. The lowest BCUT2D eigenvalue weighted by Crippen LogP contribution is -2.21. The quantitative estimate of drug-likeness (QED) is 0.606. The summed E-state index contributed by atoms with van der Waals surface area (Å²) < 4.78 is 1.55. The molecule has 0 atom stereocenters. The number of nitrogens with zero attached hydrogens (tertiary/aromatic N) is 4. The summed E-state index contributed by atoms with van der Waals surface area (Å²) in [5.74, 6) is 0.673. The summed E-state index contributed by atoms with van der Waals surface area (Å²) in [6.07, 6.45) is 3.25. The average Bonchev–Trinajstić information content (AvgIpc) is 2.62. The maximum atomic E-state index is 8.55. The predicted octanol–water partition coefficient (Wildman–Crippen LogP) is -1.47. The Morgan fingerprint density at radius 1 is 1.62 bits per heavy atom. The van der Waals surface area contributed by atoms with Gasteiger partial charge in [-0.2, -0.15) is 9.50 Å². The molecule has 13 heavy (non-hydrogen) atoms. The third-order valence-electron chi connectivity index (χ3n) is 1.51. The zero-order chi connectivity index (χ0) is 9.26. The van der Waals surface area contributed by atoms with Gasteiger partial charge >= 0.3 is 0 Å². The summed E-state index contributed by atoms with van der Waals surface area (Å²) in [4.78, 5) is 14.2. The Kier molecular flexibility index (Phi) is 1.78. The highest BCUT2D eigenvalue weighted by Crippen LogP contribution is 2.02. The van der Waals surface area contributed by atoms with E-state index >= 15 is 0 Å². The van der Waals surface area contributed by atoms with Crippen LogP contribution in [0.1, 0.15) is 0 Å². The van der Waals surface area contributed by atoms with Crippen LogP contribution >= 0.6 is 0 Å². The van der Waals surface area contributed by atoms with Crippen LogP contribution in [0.3, 0.4) is 0 Å². The van der Waals surface area contributed by atoms with E-state index in [0.29, 0.717) is 5.78 Å². The standard InChI is InChI=1S/C6H9N5O2/c7-5-9-6-8-1-2-10(6)11(5)13-4-3-12/h1-2,12H,3-4H2,(H2,7,8,9). The number of imidazole rings is 1. The maximum absolute atomic E-state index is 8.55. The smallest absolute Gasteiger partial charge is 0.257 e. The second-order valence-corrected chi connectivity index (χ2v) is 2.37. The van der Waals surface area contributed by atoms with E-state index in [0.717, 1.165) is 0 Å². The monoisotopic (exact) mass is 183 g/mol. The molecule has 0 aliphatic carbocycles. The molecule has 3 N–H and O–H groups in total. The van der Waals surface area contributed by atoms with E-state index in [-0.39, 0.29) is 19.2 Å². The van der Waals surface area contributed by atoms with E-state index in [9.17, 15) is 0 Å². The first kappa shape index (κ1) is 7.87. The lowest BCUT2D eigenvalue weighted by molar-refractivity contribution is 0.0511. The molecule has 2 aromatic heterocycles. The molecule has 0 saturated heterocycles. The van der Waals surface area contributed by atoms with Gasteiger partial charge in [-0.05, 0) is 0 Å². The van der Waals surface area contributed by atoms with E-state index < -0.39 is 0 Å². The third kappa shape index (κ3) is 1.18. The Morgan fingerprint density at radius 3 is 3.23 bits per heavy atom. The summed E-state index contributed by atoms with van der Waals surface area (Å²) in [5, 5.41) is 8.55. The van der Waals surface area contributed by atoms with Crippen molar-refractivity contribution in [2.45, 2.75) is 0 Å². The molecule has 0 bridgehead atoms. The van der Waals surface area contributed by atoms with Crippen molar-refractivity contribution in [2.24, 2.45) is 0 Å². The second kappa shape index (κ2) is 2.94. The molecule has 7 nitrogen and oxygen atoms in total. The zero-order valence-corrected chi connectivity index (χ0v) is 6.79. The topological polar surface area (TPSA) is 90.6 Å². The molecule has 2 rings (SSSR count). The summed E-state index contributed by atoms with van der Waals surface area (Å²) >= 11 is 0. The van der Waals surface area contributed by atoms with Crippen LogP contribution in [0.2, 0.25) is 0 Å². The fraction of sp³-hybridized carbons (Fsp3) is 0.333. The number of anilines is 1. The van der Waals surface area contributed by atoms with Gasteiger partial charge in [-0.1, -0.05) is 4.85 Å². The van der Waals surface area contributed by atoms with Crippen LogP contribution in [-0.4, -0.2) is 37.6 Å². The molecule has 0 spiro atoms. The molecule has 2 aromatic rings. The van der Waals surface area contributed by atoms with Crippen molar-refractivity contribution in [3.05, 3.63) is 12.4 Å². The largest absolute Gasteiger partial charge is 0.393 e. The summed E-state index contributed by atoms with van der Waals surface area (Å²) in [7, 11) is 0. The fourth-order valence-electron chi connectivity index (χ4n) is 1.02. The van der Waals surface area contributed by atoms with Crippen LogP contribution in [-0.2, 0) is 0 Å². The van der Waals surface area contributed by atoms with Gasteiger partial charge in [-0.25, -0.2) is 4.98 Å². The van der Waals surface area contributed by atoms with Gasteiger partial charge in [-0.3, -0.25) is 0 Å². The number of rotatable bonds is 3. The molecule has 2 heterocycles. The van der Waals surface area contributed by atoms with Crippen molar-refractivity contribution in [3.8, 4) is 0 Å². The summed E-state index contributed by atoms with van der Waals surface area (Å²) in [5.41, 5.74) is 5.52. The lowest BCUT2D eigenvalue weighted by atomic mass is 10.8. The van der Waals surface area contributed by atoms with Crippen LogP contribution in [0.4, 0.5) is 5.95 Å². The molecule has 70 valence electrons. The van der Waals surface area contributed by atoms with Gasteiger partial charge in [0.2, 0.25) is 0 Å². The van der Waals surface area contributed by atoms with E-state index in [1.165, 1.54) is 4.85 Å². The first-order chi connectivity index (χ1) is 6.33. The van der Waals surface area contributed by atoms with Crippen LogP contribution in [0.25, 0.3) is 5.78 Å². The molecule has 0 aliphatic rings. The molecule has 7 heteroatoms. The fourth-order valence-corrected chi connectivity index (χ4v) is 1.02. The maximum Gasteiger partial charge on any atom is 0.257 e. The Hall–Kier alpha value is -1.76. The van der Waals surface area contributed by atoms with Crippen LogP contribution in [0.5, 0.6) is 0 Å². The van der Waals surface area contributed by atoms with E-state index in [1.807, 2.05) is 0 Å². The Balaban J connectivity index is 2.39. The average molecular weight is 183 g/mol. The normalized spacial score (nSPS) is 10.8. The highest BCUT2D eigenvalue weighted by atomic mass is 16.7. The van der Waals surface area contributed by atoms with Gasteiger partial charge in [-0.15, -0.1) is 0 Å². The number of hydrogen-bond acceptors (Lipinski definition) is 5. The van der Waals surface area contributed by atoms with Gasteiger partial charge in [0.15, 0.2) is 0 Å². The number of nitrogens with two attached hydrogens (primary N) is 1. The van der Waals surface area contributed by atoms with Gasteiger partial charge < -0.3 is 15.7 Å². The van der Waals surface area contributed by atoms with E-state index in [1.54, 1.807) is 16.9 Å². The SMILES string of the molecule is Nc1nc2nccn2n1OCCO. The Bertz CT molecular complexity index is 406. The van der Waals surface area contributed by atoms with Gasteiger partial charge in [0.1, 0.15) is 6.61 Å². The van der Waals surface area contributed by atoms with Crippen molar-refractivity contribution < 1.29 is 9.94 Å². The summed E-state index contributed by atoms with van der Waals surface area (Å²) in [6.45, 7) is 0.0850. The molecule has 0 saturated carbocycles. The van der Waals surface area contributed by atoms with E-state index in [2.05, 4.69) is 9.97 Å². The van der Waals surface area contributed by atoms with E-state index in [4.69, 9.17) is 15.7 Å². The van der Waals surface area contributed by atoms with Crippen molar-refractivity contribution in [1.29, 1.82) is 0 Å². The molecular formula is C6H9N5O2. The van der Waals surface area contributed by atoms with Crippen molar-refractivity contribution in [1.82, 2.24) is 19.3 Å². The van der Waals surface area contributed by atoms with Gasteiger partial charge in [0, 0.05) is 6.20 Å². The van der Waals surface area contributed by atoms with Gasteiger partial charge in [0.05, 0.1) is 12.8 Å².